The Hall–Kier alpha value is -3.85. The molecule has 7 nitrogen and oxygen atoms in total. The summed E-state index contributed by atoms with van der Waals surface area (Å²) in [6.07, 6.45) is 4.30. The summed E-state index contributed by atoms with van der Waals surface area (Å²) < 4.78 is 19.0. The van der Waals surface area contributed by atoms with Crippen LogP contribution in [-0.4, -0.2) is 43.0 Å². The Bertz CT molecular complexity index is 1580. The van der Waals surface area contributed by atoms with Gasteiger partial charge in [-0.1, -0.05) is 0 Å². The van der Waals surface area contributed by atoms with Gasteiger partial charge in [0, 0.05) is 30.7 Å². The number of benzene rings is 2. The lowest BCUT2D eigenvalue weighted by atomic mass is 9.92. The third kappa shape index (κ3) is 5.38. The summed E-state index contributed by atoms with van der Waals surface area (Å²) in [7, 11) is 3.04. The molecule has 0 saturated carbocycles. The zero-order valence-corrected chi connectivity index (χ0v) is 22.4. The molecule has 1 fully saturated rings. The zero-order valence-electron chi connectivity index (χ0n) is 21.6. The lowest BCUT2D eigenvalue weighted by Gasteiger charge is -2.21. The second kappa shape index (κ2) is 11.7. The predicted molar refractivity (Wildman–Crippen MR) is 148 cm³/mol. The maximum atomic E-state index is 12.3. The van der Waals surface area contributed by atoms with E-state index < -0.39 is 0 Å². The van der Waals surface area contributed by atoms with Crippen LogP contribution in [-0.2, 0) is 22.4 Å². The standard InChI is InChI=1S/C30H29N3O4S/c1-35-22-6-8-25-28(19-22)38-29(32-25)11-10-26-23(7-4-20-12-16-37-17-13-20)24-18-21(30(34)36-2)5-9-27(24)33(26)15-3-14-31/h5-6,8-9,18-20H,3-4,7,12-13,15-17H2,1-2H3. The van der Waals surface area contributed by atoms with Crippen LogP contribution in [0.15, 0.2) is 36.4 Å². The largest absolute Gasteiger partial charge is 0.497 e. The molecule has 0 bridgehead atoms. The van der Waals surface area contributed by atoms with Crippen molar-refractivity contribution in [3.05, 3.63) is 58.2 Å². The van der Waals surface area contributed by atoms with Crippen molar-refractivity contribution in [1.29, 1.82) is 5.26 Å². The molecule has 38 heavy (non-hydrogen) atoms. The first-order valence-corrected chi connectivity index (χ1v) is 13.6. The fraction of sp³-hybridized carbons (Fsp3) is 0.367. The monoisotopic (exact) mass is 527 g/mol. The van der Waals surface area contributed by atoms with E-state index in [0.717, 1.165) is 82.0 Å². The van der Waals surface area contributed by atoms with E-state index >= 15 is 0 Å². The Labute approximate surface area is 225 Å². The number of rotatable bonds is 7. The second-order valence-corrected chi connectivity index (χ2v) is 10.3. The molecule has 1 saturated heterocycles. The van der Waals surface area contributed by atoms with Crippen LogP contribution < -0.4 is 4.74 Å². The van der Waals surface area contributed by atoms with Crippen LogP contribution in [0, 0.1) is 29.1 Å². The van der Waals surface area contributed by atoms with Gasteiger partial charge >= 0.3 is 5.97 Å². The molecular formula is C30H29N3O4S. The first kappa shape index (κ1) is 25.8. The molecule has 1 aliphatic rings. The number of thiazole rings is 1. The van der Waals surface area contributed by atoms with Gasteiger partial charge in [0.25, 0.3) is 0 Å². The molecule has 2 aromatic heterocycles. The molecule has 2 aromatic carbocycles. The number of aromatic nitrogens is 2. The van der Waals surface area contributed by atoms with Crippen LogP contribution in [0.1, 0.15) is 52.3 Å². The number of carbonyl (C=O) groups is 1. The first-order chi connectivity index (χ1) is 18.6. The molecule has 1 aliphatic heterocycles. The molecule has 5 rings (SSSR count). The van der Waals surface area contributed by atoms with E-state index in [1.807, 2.05) is 30.3 Å². The SMILES string of the molecule is COC(=O)c1ccc2c(c1)c(CCC1CCOCC1)c(C#Cc1nc3ccc(OC)cc3s1)n2CCC#N. The van der Waals surface area contributed by atoms with Gasteiger partial charge in [0.1, 0.15) is 5.75 Å². The molecule has 0 spiro atoms. The molecule has 0 atom stereocenters. The van der Waals surface area contributed by atoms with Crippen molar-refractivity contribution in [3.8, 4) is 23.7 Å². The fourth-order valence-electron chi connectivity index (χ4n) is 5.04. The first-order valence-electron chi connectivity index (χ1n) is 12.8. The maximum absolute atomic E-state index is 12.3. The van der Waals surface area contributed by atoms with E-state index in [4.69, 9.17) is 19.2 Å². The van der Waals surface area contributed by atoms with Gasteiger partial charge in [-0.2, -0.15) is 5.26 Å². The summed E-state index contributed by atoms with van der Waals surface area (Å²) in [6.45, 7) is 2.12. The molecule has 8 heteroatoms. The Morgan fingerprint density at radius 3 is 2.79 bits per heavy atom. The van der Waals surface area contributed by atoms with Gasteiger partial charge in [-0.15, -0.1) is 11.3 Å². The molecule has 0 amide bonds. The summed E-state index contributed by atoms with van der Waals surface area (Å²) in [5.74, 6) is 7.71. The van der Waals surface area contributed by atoms with Crippen LogP contribution in [0.3, 0.4) is 0 Å². The predicted octanol–water partition coefficient (Wildman–Crippen LogP) is 5.72. The Kier molecular flexibility index (Phi) is 7.93. The number of esters is 1. The van der Waals surface area contributed by atoms with E-state index in [1.54, 1.807) is 13.2 Å². The highest BCUT2D eigenvalue weighted by molar-refractivity contribution is 7.19. The van der Waals surface area contributed by atoms with E-state index in [1.165, 1.54) is 18.4 Å². The van der Waals surface area contributed by atoms with Crippen molar-refractivity contribution in [2.24, 2.45) is 5.92 Å². The summed E-state index contributed by atoms with van der Waals surface area (Å²) in [5, 5.41) is 11.1. The van der Waals surface area contributed by atoms with Gasteiger partial charge in [0.2, 0.25) is 0 Å². The van der Waals surface area contributed by atoms with E-state index in [2.05, 4.69) is 22.5 Å². The summed E-state index contributed by atoms with van der Waals surface area (Å²) in [4.78, 5) is 17.0. The summed E-state index contributed by atoms with van der Waals surface area (Å²) in [6, 6.07) is 13.7. The van der Waals surface area contributed by atoms with Gasteiger partial charge in [0.15, 0.2) is 5.01 Å². The molecule has 0 aliphatic carbocycles. The molecule has 0 N–H and O–H groups in total. The summed E-state index contributed by atoms with van der Waals surface area (Å²) in [5.41, 5.74) is 4.33. The molecule has 3 heterocycles. The minimum Gasteiger partial charge on any atom is -0.497 e. The quantitative estimate of drug-likeness (QED) is 0.226. The minimum atomic E-state index is -0.371. The highest BCUT2D eigenvalue weighted by Crippen LogP contribution is 2.32. The number of hydrogen-bond donors (Lipinski definition) is 0. The zero-order chi connectivity index (χ0) is 26.5. The number of hydrogen-bond acceptors (Lipinski definition) is 7. The number of nitriles is 1. The van der Waals surface area contributed by atoms with Crippen molar-refractivity contribution in [1.82, 2.24) is 9.55 Å². The van der Waals surface area contributed by atoms with Crippen molar-refractivity contribution < 1.29 is 19.0 Å². The van der Waals surface area contributed by atoms with Gasteiger partial charge in [0.05, 0.1) is 48.2 Å². The molecule has 194 valence electrons. The normalized spacial score (nSPS) is 13.7. The van der Waals surface area contributed by atoms with Crippen LogP contribution in [0.5, 0.6) is 5.75 Å². The second-order valence-electron chi connectivity index (χ2n) is 9.31. The molecule has 0 unspecified atom stereocenters. The molecule has 0 radical (unpaired) electrons. The third-order valence-corrected chi connectivity index (χ3v) is 8.00. The highest BCUT2D eigenvalue weighted by atomic mass is 32.1. The Balaban J connectivity index is 1.61. The maximum Gasteiger partial charge on any atom is 0.337 e. The van der Waals surface area contributed by atoms with Crippen LogP contribution in [0.25, 0.3) is 21.1 Å². The lowest BCUT2D eigenvalue weighted by Crippen LogP contribution is -2.16. The number of carbonyl (C=O) groups excluding carboxylic acids is 1. The number of fused-ring (bicyclic) bond motifs is 2. The van der Waals surface area contributed by atoms with E-state index in [9.17, 15) is 10.1 Å². The Morgan fingerprint density at radius 2 is 2.03 bits per heavy atom. The third-order valence-electron chi connectivity index (χ3n) is 7.06. The smallest absolute Gasteiger partial charge is 0.337 e. The number of nitrogens with zero attached hydrogens (tertiary/aromatic N) is 3. The van der Waals surface area contributed by atoms with E-state index in [-0.39, 0.29) is 5.97 Å². The minimum absolute atomic E-state index is 0.359. The van der Waals surface area contributed by atoms with Crippen LogP contribution in [0.2, 0.25) is 0 Å². The van der Waals surface area contributed by atoms with Crippen LogP contribution in [0.4, 0.5) is 0 Å². The van der Waals surface area contributed by atoms with Gasteiger partial charge < -0.3 is 18.8 Å². The van der Waals surface area contributed by atoms with Crippen LogP contribution >= 0.6 is 11.3 Å². The van der Waals surface area contributed by atoms with Gasteiger partial charge in [-0.05, 0) is 85.4 Å². The average molecular weight is 528 g/mol. The van der Waals surface area contributed by atoms with Crippen molar-refractivity contribution in [3.63, 3.8) is 0 Å². The fourth-order valence-corrected chi connectivity index (χ4v) is 5.89. The average Bonchev–Trinajstić information content (AvgIpc) is 3.50. The van der Waals surface area contributed by atoms with Crippen molar-refractivity contribution in [2.75, 3.05) is 27.4 Å². The summed E-state index contributed by atoms with van der Waals surface area (Å²) >= 11 is 1.53. The lowest BCUT2D eigenvalue weighted by molar-refractivity contribution is 0.0600. The van der Waals surface area contributed by atoms with Gasteiger partial charge in [-0.3, -0.25) is 0 Å². The van der Waals surface area contributed by atoms with Crippen molar-refractivity contribution in [2.45, 2.75) is 38.6 Å². The highest BCUT2D eigenvalue weighted by Gasteiger charge is 2.21. The molecular weight excluding hydrogens is 498 g/mol. The Morgan fingerprint density at radius 1 is 1.18 bits per heavy atom. The number of methoxy groups -OCH3 is 2. The van der Waals surface area contributed by atoms with Crippen molar-refractivity contribution >= 4 is 38.4 Å². The topological polar surface area (TPSA) is 86.4 Å². The van der Waals surface area contributed by atoms with E-state index in [0.29, 0.717) is 24.4 Å². The van der Waals surface area contributed by atoms with Gasteiger partial charge in [-0.25, -0.2) is 9.78 Å². The molecule has 4 aromatic rings. The number of ether oxygens (including phenoxy) is 3. The number of aryl methyl sites for hydroxylation is 2.